The molecule has 2 nitrogen and oxygen atoms in total. The van der Waals surface area contributed by atoms with Crippen LogP contribution in [-0.2, 0) is 6.42 Å². The molecule has 0 bridgehead atoms. The van der Waals surface area contributed by atoms with Gasteiger partial charge in [0.2, 0.25) is 0 Å². The molecule has 3 heteroatoms. The molecule has 0 saturated carbocycles. The van der Waals surface area contributed by atoms with Gasteiger partial charge in [0, 0.05) is 24.0 Å². The van der Waals surface area contributed by atoms with Crippen molar-refractivity contribution in [3.05, 3.63) is 59.4 Å². The molecule has 0 radical (unpaired) electrons. The van der Waals surface area contributed by atoms with Gasteiger partial charge in [-0.25, -0.2) is 4.39 Å². The first-order valence-electron chi connectivity index (χ1n) is 6.41. The molecule has 100 valence electrons. The lowest BCUT2D eigenvalue weighted by atomic mass is 10.1. The van der Waals surface area contributed by atoms with Crippen molar-refractivity contribution in [2.24, 2.45) is 5.73 Å². The Labute approximate surface area is 113 Å². The molecule has 0 aromatic heterocycles. The molecule has 2 rings (SSSR count). The molecule has 0 aliphatic heterocycles. The average Bonchev–Trinajstić information content (AvgIpc) is 2.40. The normalized spacial score (nSPS) is 10.5. The quantitative estimate of drug-likeness (QED) is 0.910. The van der Waals surface area contributed by atoms with E-state index in [0.29, 0.717) is 18.5 Å². The molecule has 0 spiro atoms. The average molecular weight is 258 g/mol. The third-order valence-electron chi connectivity index (χ3n) is 3.24. The van der Waals surface area contributed by atoms with Crippen LogP contribution >= 0.6 is 0 Å². The van der Waals surface area contributed by atoms with Crippen LogP contribution in [0, 0.1) is 12.7 Å². The van der Waals surface area contributed by atoms with Crippen molar-refractivity contribution < 1.29 is 4.39 Å². The number of halogens is 1. The Bertz CT molecular complexity index is 566. The second-order valence-electron chi connectivity index (χ2n) is 4.67. The lowest BCUT2D eigenvalue weighted by Crippen LogP contribution is -2.15. The summed E-state index contributed by atoms with van der Waals surface area (Å²) in [6.07, 6.45) is 0.540. The fraction of sp³-hybridized carbons (Fsp3) is 0.250. The second-order valence-corrected chi connectivity index (χ2v) is 4.67. The first-order valence-corrected chi connectivity index (χ1v) is 6.41. The zero-order chi connectivity index (χ0) is 13.8. The van der Waals surface area contributed by atoms with Gasteiger partial charge in [-0.15, -0.1) is 0 Å². The Morgan fingerprint density at radius 3 is 2.58 bits per heavy atom. The monoisotopic (exact) mass is 258 g/mol. The SMILES string of the molecule is Cc1cccc(N(C)c2cccc(F)c2CCN)c1. The van der Waals surface area contributed by atoms with E-state index >= 15 is 0 Å². The van der Waals surface area contributed by atoms with E-state index in [1.165, 1.54) is 11.6 Å². The molecule has 0 aliphatic carbocycles. The van der Waals surface area contributed by atoms with E-state index in [9.17, 15) is 4.39 Å². The van der Waals surface area contributed by atoms with E-state index < -0.39 is 0 Å². The number of aryl methyl sites for hydroxylation is 1. The number of nitrogens with two attached hydrogens (primary N) is 1. The van der Waals surface area contributed by atoms with Gasteiger partial charge in [0.05, 0.1) is 0 Å². The molecule has 0 saturated heterocycles. The molecule has 0 unspecified atom stereocenters. The Balaban J connectivity index is 2.43. The summed E-state index contributed by atoms with van der Waals surface area (Å²) in [7, 11) is 1.95. The van der Waals surface area contributed by atoms with E-state index in [4.69, 9.17) is 5.73 Å². The fourth-order valence-electron chi connectivity index (χ4n) is 2.23. The van der Waals surface area contributed by atoms with Crippen LogP contribution in [-0.4, -0.2) is 13.6 Å². The van der Waals surface area contributed by atoms with Crippen molar-refractivity contribution in [1.82, 2.24) is 0 Å². The number of hydrogen-bond acceptors (Lipinski definition) is 2. The van der Waals surface area contributed by atoms with Crippen molar-refractivity contribution in [2.45, 2.75) is 13.3 Å². The van der Waals surface area contributed by atoms with E-state index in [1.807, 2.05) is 43.1 Å². The zero-order valence-corrected chi connectivity index (χ0v) is 11.4. The van der Waals surface area contributed by atoms with Gasteiger partial charge < -0.3 is 10.6 Å². The molecule has 0 fully saturated rings. The first-order chi connectivity index (χ1) is 9.13. The Kier molecular flexibility index (Phi) is 4.17. The van der Waals surface area contributed by atoms with Gasteiger partial charge >= 0.3 is 0 Å². The van der Waals surface area contributed by atoms with E-state index in [1.54, 1.807) is 6.07 Å². The molecule has 0 heterocycles. The lowest BCUT2D eigenvalue weighted by Gasteiger charge is -2.23. The van der Waals surface area contributed by atoms with Gasteiger partial charge in [-0.3, -0.25) is 0 Å². The molecule has 0 amide bonds. The largest absolute Gasteiger partial charge is 0.344 e. The highest BCUT2D eigenvalue weighted by Crippen LogP contribution is 2.29. The number of nitrogens with zero attached hydrogens (tertiary/aromatic N) is 1. The summed E-state index contributed by atoms with van der Waals surface area (Å²) in [5.41, 5.74) is 9.35. The van der Waals surface area contributed by atoms with Crippen molar-refractivity contribution in [1.29, 1.82) is 0 Å². The summed E-state index contributed by atoms with van der Waals surface area (Å²) in [6, 6.07) is 13.3. The topological polar surface area (TPSA) is 29.3 Å². The maximum absolute atomic E-state index is 13.9. The second kappa shape index (κ2) is 5.85. The van der Waals surface area contributed by atoms with Crippen LogP contribution in [0.5, 0.6) is 0 Å². The van der Waals surface area contributed by atoms with E-state index in [2.05, 4.69) is 6.07 Å². The molecule has 0 aliphatic rings. The minimum absolute atomic E-state index is 0.192. The van der Waals surface area contributed by atoms with Gasteiger partial charge in [-0.05, 0) is 49.7 Å². The molecule has 2 aromatic carbocycles. The van der Waals surface area contributed by atoms with Crippen LogP contribution in [0.3, 0.4) is 0 Å². The summed E-state index contributed by atoms with van der Waals surface area (Å²) in [5.74, 6) is -0.192. The van der Waals surface area contributed by atoms with Gasteiger partial charge in [-0.2, -0.15) is 0 Å². The van der Waals surface area contributed by atoms with Crippen molar-refractivity contribution >= 4 is 11.4 Å². The molecule has 2 aromatic rings. The Morgan fingerprint density at radius 1 is 1.16 bits per heavy atom. The molecular weight excluding hydrogens is 239 g/mol. The van der Waals surface area contributed by atoms with Crippen molar-refractivity contribution in [2.75, 3.05) is 18.5 Å². The van der Waals surface area contributed by atoms with E-state index in [0.717, 1.165) is 11.4 Å². The first kappa shape index (κ1) is 13.6. The minimum atomic E-state index is -0.192. The van der Waals surface area contributed by atoms with Gasteiger partial charge in [0.25, 0.3) is 0 Å². The molecule has 2 N–H and O–H groups in total. The predicted molar refractivity (Wildman–Crippen MR) is 78.4 cm³/mol. The van der Waals surface area contributed by atoms with Crippen LogP contribution in [0.1, 0.15) is 11.1 Å². The lowest BCUT2D eigenvalue weighted by molar-refractivity contribution is 0.609. The third-order valence-corrected chi connectivity index (χ3v) is 3.24. The molecule has 19 heavy (non-hydrogen) atoms. The summed E-state index contributed by atoms with van der Waals surface area (Å²) in [5, 5.41) is 0. The fourth-order valence-corrected chi connectivity index (χ4v) is 2.23. The Hall–Kier alpha value is -1.87. The minimum Gasteiger partial charge on any atom is -0.344 e. The van der Waals surface area contributed by atoms with Gasteiger partial charge in [0.1, 0.15) is 5.82 Å². The standard InChI is InChI=1S/C16H19FN2/c1-12-5-3-6-13(11-12)19(2)16-8-4-7-15(17)14(16)9-10-18/h3-8,11H,9-10,18H2,1-2H3. The van der Waals surface area contributed by atoms with Crippen molar-refractivity contribution in [3.63, 3.8) is 0 Å². The highest BCUT2D eigenvalue weighted by atomic mass is 19.1. The summed E-state index contributed by atoms with van der Waals surface area (Å²) in [6.45, 7) is 2.49. The smallest absolute Gasteiger partial charge is 0.128 e. The number of rotatable bonds is 4. The third kappa shape index (κ3) is 2.93. The number of benzene rings is 2. The van der Waals surface area contributed by atoms with Crippen molar-refractivity contribution in [3.8, 4) is 0 Å². The van der Waals surface area contributed by atoms with Gasteiger partial charge in [-0.1, -0.05) is 18.2 Å². The van der Waals surface area contributed by atoms with E-state index in [-0.39, 0.29) is 5.82 Å². The Morgan fingerprint density at radius 2 is 1.89 bits per heavy atom. The van der Waals surface area contributed by atoms with Crippen LogP contribution in [0.25, 0.3) is 0 Å². The highest BCUT2D eigenvalue weighted by Gasteiger charge is 2.12. The summed E-state index contributed by atoms with van der Waals surface area (Å²) < 4.78 is 13.9. The summed E-state index contributed by atoms with van der Waals surface area (Å²) >= 11 is 0. The van der Waals surface area contributed by atoms with Crippen LogP contribution in [0.2, 0.25) is 0 Å². The maximum atomic E-state index is 13.9. The zero-order valence-electron chi connectivity index (χ0n) is 11.4. The summed E-state index contributed by atoms with van der Waals surface area (Å²) in [4.78, 5) is 2.00. The maximum Gasteiger partial charge on any atom is 0.128 e. The highest BCUT2D eigenvalue weighted by molar-refractivity contribution is 5.66. The van der Waals surface area contributed by atoms with Gasteiger partial charge in [0.15, 0.2) is 0 Å². The van der Waals surface area contributed by atoms with Crippen LogP contribution in [0.15, 0.2) is 42.5 Å². The molecule has 0 atom stereocenters. The number of anilines is 2. The molecular formula is C16H19FN2. The van der Waals surface area contributed by atoms with Crippen LogP contribution < -0.4 is 10.6 Å². The van der Waals surface area contributed by atoms with Crippen LogP contribution in [0.4, 0.5) is 15.8 Å². The number of hydrogen-bond donors (Lipinski definition) is 1. The predicted octanol–water partition coefficient (Wildman–Crippen LogP) is 3.40.